The molecule has 0 saturated heterocycles. The van der Waals surface area contributed by atoms with Crippen molar-refractivity contribution in [2.24, 2.45) is 0 Å². The standard InChI is InChI=1S/C20H22N2O5/c1-4-22(5-2)19(24)14-8-6-13(7-9-14)18(23)21-15-10-11-16(20(25)26)17(12-15)27-3/h6-12H,4-5H2,1-3H3,(H,21,23)(H,25,26). The molecule has 7 nitrogen and oxygen atoms in total. The number of methoxy groups -OCH3 is 1. The Balaban J connectivity index is 2.15. The van der Waals surface area contributed by atoms with Crippen molar-refractivity contribution >= 4 is 23.5 Å². The van der Waals surface area contributed by atoms with E-state index in [2.05, 4.69) is 5.32 Å². The molecular formula is C20H22N2O5. The van der Waals surface area contributed by atoms with Gasteiger partial charge in [0, 0.05) is 36.0 Å². The lowest BCUT2D eigenvalue weighted by Gasteiger charge is -2.18. The molecule has 2 N–H and O–H groups in total. The number of carboxylic acids is 1. The Morgan fingerprint density at radius 3 is 2.11 bits per heavy atom. The summed E-state index contributed by atoms with van der Waals surface area (Å²) in [5.41, 5.74) is 1.31. The zero-order valence-electron chi connectivity index (χ0n) is 15.5. The van der Waals surface area contributed by atoms with Crippen LogP contribution in [0.5, 0.6) is 5.75 Å². The van der Waals surface area contributed by atoms with Crippen LogP contribution in [0.15, 0.2) is 42.5 Å². The molecule has 0 saturated carbocycles. The second kappa shape index (κ2) is 8.84. The molecule has 2 aromatic rings. The van der Waals surface area contributed by atoms with Crippen LogP contribution in [-0.2, 0) is 0 Å². The Morgan fingerprint density at radius 2 is 1.59 bits per heavy atom. The number of nitrogens with zero attached hydrogens (tertiary/aromatic N) is 1. The summed E-state index contributed by atoms with van der Waals surface area (Å²) in [7, 11) is 1.36. The van der Waals surface area contributed by atoms with Gasteiger partial charge >= 0.3 is 5.97 Å². The average molecular weight is 370 g/mol. The number of ether oxygens (including phenoxy) is 1. The molecule has 0 bridgehead atoms. The number of carboxylic acid groups (broad SMARTS) is 1. The van der Waals surface area contributed by atoms with Crippen molar-refractivity contribution < 1.29 is 24.2 Å². The molecule has 0 aromatic heterocycles. The van der Waals surface area contributed by atoms with Crippen molar-refractivity contribution in [2.45, 2.75) is 13.8 Å². The number of hydrogen-bond donors (Lipinski definition) is 2. The van der Waals surface area contributed by atoms with Crippen LogP contribution in [0, 0.1) is 0 Å². The highest BCUT2D eigenvalue weighted by atomic mass is 16.5. The highest BCUT2D eigenvalue weighted by molar-refractivity contribution is 6.05. The van der Waals surface area contributed by atoms with Gasteiger partial charge in [-0.2, -0.15) is 0 Å². The van der Waals surface area contributed by atoms with Crippen LogP contribution in [0.2, 0.25) is 0 Å². The molecule has 0 radical (unpaired) electrons. The van der Waals surface area contributed by atoms with Gasteiger partial charge in [0.15, 0.2) is 0 Å². The minimum atomic E-state index is -1.11. The van der Waals surface area contributed by atoms with Gasteiger partial charge in [-0.15, -0.1) is 0 Å². The fraction of sp³-hybridized carbons (Fsp3) is 0.250. The van der Waals surface area contributed by atoms with E-state index in [0.717, 1.165) is 0 Å². The second-order valence-corrected chi connectivity index (χ2v) is 5.73. The summed E-state index contributed by atoms with van der Waals surface area (Å²) in [6.07, 6.45) is 0. The maximum Gasteiger partial charge on any atom is 0.339 e. The lowest BCUT2D eigenvalue weighted by Crippen LogP contribution is -2.30. The molecule has 142 valence electrons. The maximum absolute atomic E-state index is 12.4. The molecule has 2 rings (SSSR count). The average Bonchev–Trinajstić information content (AvgIpc) is 2.68. The summed E-state index contributed by atoms with van der Waals surface area (Å²) in [6.45, 7) is 5.05. The van der Waals surface area contributed by atoms with E-state index in [9.17, 15) is 14.4 Å². The van der Waals surface area contributed by atoms with E-state index >= 15 is 0 Å². The van der Waals surface area contributed by atoms with Crippen LogP contribution in [0.3, 0.4) is 0 Å². The van der Waals surface area contributed by atoms with E-state index in [-0.39, 0.29) is 23.1 Å². The Morgan fingerprint density at radius 1 is 1.00 bits per heavy atom. The zero-order chi connectivity index (χ0) is 20.0. The van der Waals surface area contributed by atoms with Crippen molar-refractivity contribution in [1.82, 2.24) is 4.90 Å². The molecule has 27 heavy (non-hydrogen) atoms. The third kappa shape index (κ3) is 4.63. The summed E-state index contributed by atoms with van der Waals surface area (Å²) in [5.74, 6) is -1.42. The van der Waals surface area contributed by atoms with Gasteiger partial charge in [-0.1, -0.05) is 0 Å². The third-order valence-corrected chi connectivity index (χ3v) is 4.13. The normalized spacial score (nSPS) is 10.2. The molecule has 7 heteroatoms. The quantitative estimate of drug-likeness (QED) is 0.781. The first-order chi connectivity index (χ1) is 12.9. The Labute approximate surface area is 157 Å². The largest absolute Gasteiger partial charge is 0.496 e. The van der Waals surface area contributed by atoms with E-state index in [4.69, 9.17) is 9.84 Å². The second-order valence-electron chi connectivity index (χ2n) is 5.73. The number of carbonyl (C=O) groups is 3. The zero-order valence-corrected chi connectivity index (χ0v) is 15.5. The van der Waals surface area contributed by atoms with Crippen LogP contribution in [0.1, 0.15) is 44.9 Å². The summed E-state index contributed by atoms with van der Waals surface area (Å²) < 4.78 is 5.05. The smallest absolute Gasteiger partial charge is 0.339 e. The summed E-state index contributed by atoms with van der Waals surface area (Å²) in [5, 5.41) is 11.8. The molecular weight excluding hydrogens is 348 g/mol. The van der Waals surface area contributed by atoms with Gasteiger partial charge in [0.25, 0.3) is 11.8 Å². The first kappa shape index (κ1) is 20.0. The fourth-order valence-corrected chi connectivity index (χ4v) is 2.61. The summed E-state index contributed by atoms with van der Waals surface area (Å²) >= 11 is 0. The van der Waals surface area contributed by atoms with Gasteiger partial charge in [0.1, 0.15) is 11.3 Å². The Hall–Kier alpha value is -3.35. The van der Waals surface area contributed by atoms with Crippen molar-refractivity contribution in [2.75, 3.05) is 25.5 Å². The van der Waals surface area contributed by atoms with Crippen LogP contribution < -0.4 is 10.1 Å². The van der Waals surface area contributed by atoms with Crippen molar-refractivity contribution in [3.8, 4) is 5.75 Å². The van der Waals surface area contributed by atoms with Crippen LogP contribution in [0.4, 0.5) is 5.69 Å². The topological polar surface area (TPSA) is 95.9 Å². The van der Waals surface area contributed by atoms with Crippen LogP contribution >= 0.6 is 0 Å². The lowest BCUT2D eigenvalue weighted by molar-refractivity contribution is 0.0692. The minimum absolute atomic E-state index is 0.00904. The number of amides is 2. The van der Waals surface area contributed by atoms with E-state index in [1.807, 2.05) is 13.8 Å². The van der Waals surface area contributed by atoms with Crippen molar-refractivity contribution in [3.63, 3.8) is 0 Å². The van der Waals surface area contributed by atoms with Crippen molar-refractivity contribution in [3.05, 3.63) is 59.2 Å². The van der Waals surface area contributed by atoms with E-state index in [1.54, 1.807) is 29.2 Å². The molecule has 0 spiro atoms. The number of carbonyl (C=O) groups excluding carboxylic acids is 2. The van der Waals surface area contributed by atoms with Crippen LogP contribution in [-0.4, -0.2) is 48.0 Å². The minimum Gasteiger partial charge on any atom is -0.496 e. The van der Waals surface area contributed by atoms with Gasteiger partial charge in [0.05, 0.1) is 7.11 Å². The Bertz CT molecular complexity index is 842. The SMILES string of the molecule is CCN(CC)C(=O)c1ccc(C(=O)Nc2ccc(C(=O)O)c(OC)c2)cc1. The van der Waals surface area contributed by atoms with Crippen molar-refractivity contribution in [1.29, 1.82) is 0 Å². The first-order valence-electron chi connectivity index (χ1n) is 8.53. The maximum atomic E-state index is 12.4. The Kier molecular flexibility index (Phi) is 6.54. The molecule has 0 unspecified atom stereocenters. The predicted octanol–water partition coefficient (Wildman–Crippen LogP) is 3.13. The molecule has 0 atom stereocenters. The van der Waals surface area contributed by atoms with E-state index < -0.39 is 5.97 Å². The van der Waals surface area contributed by atoms with Gasteiger partial charge in [-0.05, 0) is 50.2 Å². The fourth-order valence-electron chi connectivity index (χ4n) is 2.61. The predicted molar refractivity (Wildman–Crippen MR) is 102 cm³/mol. The first-order valence-corrected chi connectivity index (χ1v) is 8.53. The number of nitrogens with one attached hydrogen (secondary N) is 1. The van der Waals surface area contributed by atoms with Gasteiger partial charge in [0.2, 0.25) is 0 Å². The third-order valence-electron chi connectivity index (χ3n) is 4.13. The number of anilines is 1. The molecule has 0 aliphatic carbocycles. The lowest BCUT2D eigenvalue weighted by atomic mass is 10.1. The summed E-state index contributed by atoms with van der Waals surface area (Å²) in [4.78, 5) is 37.5. The molecule has 0 heterocycles. The van der Waals surface area contributed by atoms with E-state index in [1.165, 1.54) is 25.3 Å². The molecule has 0 fully saturated rings. The van der Waals surface area contributed by atoms with Gasteiger partial charge < -0.3 is 20.1 Å². The highest BCUT2D eigenvalue weighted by Crippen LogP contribution is 2.23. The van der Waals surface area contributed by atoms with Gasteiger partial charge in [-0.3, -0.25) is 9.59 Å². The summed E-state index contributed by atoms with van der Waals surface area (Å²) in [6, 6.07) is 10.7. The van der Waals surface area contributed by atoms with E-state index in [0.29, 0.717) is 29.9 Å². The number of benzene rings is 2. The van der Waals surface area contributed by atoms with Gasteiger partial charge in [-0.25, -0.2) is 4.79 Å². The number of rotatable bonds is 7. The highest BCUT2D eigenvalue weighted by Gasteiger charge is 2.15. The monoisotopic (exact) mass is 370 g/mol. The molecule has 0 aliphatic heterocycles. The molecule has 0 aliphatic rings. The molecule has 2 amide bonds. The molecule has 2 aromatic carbocycles. The van der Waals surface area contributed by atoms with Crippen LogP contribution in [0.25, 0.3) is 0 Å². The number of hydrogen-bond acceptors (Lipinski definition) is 4. The number of aromatic carboxylic acids is 1.